The molecule has 0 saturated carbocycles. The van der Waals surface area contributed by atoms with E-state index in [1.165, 1.54) is 0 Å². The molecule has 0 amide bonds. The quantitative estimate of drug-likeness (QED) is 0.146. The summed E-state index contributed by atoms with van der Waals surface area (Å²) in [6, 6.07) is 0. The Morgan fingerprint density at radius 1 is 2.00 bits per heavy atom. The third-order valence-corrected chi connectivity index (χ3v) is 0. The van der Waals surface area contributed by atoms with E-state index in [-0.39, 0.29) is 52.8 Å². The molecule has 0 radical (unpaired) electrons. The second-order valence-electron chi connectivity index (χ2n) is 0.141. The minimum atomic E-state index is 0. The Morgan fingerprint density at radius 2 is 2.00 bits per heavy atom. The van der Waals surface area contributed by atoms with Gasteiger partial charge in [0.25, 0.3) is 0 Å². The standard InChI is InChI=1S/CH3NO.K.H/c1-2-3;;/h3H,1H2;;/q;+1;-1. The molecule has 0 rings (SSSR count). The van der Waals surface area contributed by atoms with Gasteiger partial charge in [-0.1, -0.05) is 0 Å². The van der Waals surface area contributed by atoms with Crippen molar-refractivity contribution < 1.29 is 58.0 Å². The summed E-state index contributed by atoms with van der Waals surface area (Å²) in [7, 11) is 0. The molecule has 3 heteroatoms. The molecule has 1 N–H and O–H groups in total. The minimum absolute atomic E-state index is 0. The summed E-state index contributed by atoms with van der Waals surface area (Å²) in [5.41, 5.74) is 0. The predicted molar refractivity (Wildman–Crippen MR) is 12.4 cm³/mol. The molecule has 0 aromatic heterocycles. The summed E-state index contributed by atoms with van der Waals surface area (Å²) >= 11 is 0. The maximum Gasteiger partial charge on any atom is 1.00 e. The van der Waals surface area contributed by atoms with Crippen LogP contribution in [0.25, 0.3) is 0 Å². The van der Waals surface area contributed by atoms with Gasteiger partial charge >= 0.3 is 51.4 Å². The average Bonchev–Trinajstić information content (AvgIpc) is 0.918. The molecule has 0 unspecified atom stereocenters. The molecule has 0 aliphatic rings. The van der Waals surface area contributed by atoms with E-state index in [0.717, 1.165) is 0 Å². The normalized spacial score (nSPS) is 3.00. The topological polar surface area (TPSA) is 32.6 Å². The zero-order valence-electron chi connectivity index (χ0n) is 3.60. The van der Waals surface area contributed by atoms with E-state index in [1.807, 2.05) is 0 Å². The number of nitrogens with zero attached hydrogens (tertiary/aromatic N) is 1. The second-order valence-corrected chi connectivity index (χ2v) is 0.141. The number of hydrogen-bond acceptors (Lipinski definition) is 2. The van der Waals surface area contributed by atoms with E-state index in [0.29, 0.717) is 0 Å². The molecule has 0 spiro atoms. The van der Waals surface area contributed by atoms with E-state index < -0.39 is 0 Å². The van der Waals surface area contributed by atoms with Crippen molar-refractivity contribution in [3.8, 4) is 0 Å². The molecule has 0 saturated heterocycles. The zero-order valence-corrected chi connectivity index (χ0v) is 5.72. The van der Waals surface area contributed by atoms with Crippen molar-refractivity contribution in [2.24, 2.45) is 5.16 Å². The molecular weight excluding hydrogens is 81.1 g/mol. The van der Waals surface area contributed by atoms with Crippen molar-refractivity contribution in [2.45, 2.75) is 0 Å². The predicted octanol–water partition coefficient (Wildman–Crippen LogP) is -2.81. The van der Waals surface area contributed by atoms with Crippen LogP contribution in [0.15, 0.2) is 5.16 Å². The molecule has 4 heavy (non-hydrogen) atoms. The van der Waals surface area contributed by atoms with Crippen molar-refractivity contribution in [2.75, 3.05) is 0 Å². The summed E-state index contributed by atoms with van der Waals surface area (Å²) in [6.07, 6.45) is 0. The summed E-state index contributed by atoms with van der Waals surface area (Å²) < 4.78 is 0. The molecule has 0 aliphatic carbocycles. The average molecular weight is 85.1 g/mol. The van der Waals surface area contributed by atoms with Crippen molar-refractivity contribution >= 4 is 6.72 Å². The number of oxime groups is 1. The van der Waals surface area contributed by atoms with Crippen molar-refractivity contribution in [3.63, 3.8) is 0 Å². The van der Waals surface area contributed by atoms with Crippen LogP contribution >= 0.6 is 0 Å². The van der Waals surface area contributed by atoms with Gasteiger partial charge in [0, 0.05) is 6.72 Å². The summed E-state index contributed by atoms with van der Waals surface area (Å²) in [6.45, 7) is 2.67. The third-order valence-electron chi connectivity index (χ3n) is 0. The van der Waals surface area contributed by atoms with E-state index in [4.69, 9.17) is 5.21 Å². The van der Waals surface area contributed by atoms with Crippen LogP contribution in [-0.2, 0) is 0 Å². The Bertz CT molecular complexity index is 19.1. The van der Waals surface area contributed by atoms with Gasteiger partial charge in [-0.25, -0.2) is 0 Å². The summed E-state index contributed by atoms with van der Waals surface area (Å²) in [4.78, 5) is 0. The van der Waals surface area contributed by atoms with Gasteiger partial charge in [0.15, 0.2) is 0 Å². The van der Waals surface area contributed by atoms with Crippen LogP contribution in [-0.4, -0.2) is 11.9 Å². The van der Waals surface area contributed by atoms with Gasteiger partial charge in [-0.2, -0.15) is 0 Å². The van der Waals surface area contributed by atoms with Gasteiger partial charge in [-0.3, -0.25) is 0 Å². The molecule has 0 aromatic rings. The van der Waals surface area contributed by atoms with Crippen LogP contribution < -0.4 is 51.4 Å². The molecule has 0 atom stereocenters. The van der Waals surface area contributed by atoms with Gasteiger partial charge in [0.1, 0.15) is 0 Å². The van der Waals surface area contributed by atoms with E-state index in [9.17, 15) is 0 Å². The number of hydrogen-bond donors (Lipinski definition) is 1. The van der Waals surface area contributed by atoms with Gasteiger partial charge in [-0.15, -0.1) is 5.16 Å². The van der Waals surface area contributed by atoms with Crippen molar-refractivity contribution in [3.05, 3.63) is 0 Å². The fourth-order valence-corrected chi connectivity index (χ4v) is 0. The molecule has 0 fully saturated rings. The van der Waals surface area contributed by atoms with Crippen LogP contribution in [0.1, 0.15) is 1.43 Å². The molecule has 2 nitrogen and oxygen atoms in total. The Labute approximate surface area is 68.8 Å². The molecule has 20 valence electrons. The molecule has 0 aliphatic heterocycles. The van der Waals surface area contributed by atoms with E-state index >= 15 is 0 Å². The van der Waals surface area contributed by atoms with Crippen LogP contribution in [0.2, 0.25) is 0 Å². The molecular formula is CH4KNO. The fraction of sp³-hybridized carbons (Fsp3) is 0. The first kappa shape index (κ1) is 8.92. The zero-order chi connectivity index (χ0) is 2.71. The van der Waals surface area contributed by atoms with E-state index in [2.05, 4.69) is 11.9 Å². The monoisotopic (exact) mass is 85.0 g/mol. The largest absolute Gasteiger partial charge is 1.00 e. The Morgan fingerprint density at radius 3 is 2.00 bits per heavy atom. The molecule has 0 heterocycles. The maximum atomic E-state index is 7.08. The molecule has 0 aromatic carbocycles. The fourth-order valence-electron chi connectivity index (χ4n) is 0. The van der Waals surface area contributed by atoms with Crippen LogP contribution in [0.3, 0.4) is 0 Å². The Balaban J connectivity index is -0.0000000200. The first-order valence-electron chi connectivity index (χ1n) is 0.516. The maximum absolute atomic E-state index is 7.08. The van der Waals surface area contributed by atoms with Crippen molar-refractivity contribution in [1.82, 2.24) is 0 Å². The first-order chi connectivity index (χ1) is 1.41. The first-order valence-corrected chi connectivity index (χ1v) is 0.516. The SMILES string of the molecule is C=NO.[H-].[K+]. The Hall–Kier alpha value is 1.11. The van der Waals surface area contributed by atoms with Gasteiger partial charge < -0.3 is 6.63 Å². The number of rotatable bonds is 0. The van der Waals surface area contributed by atoms with Gasteiger partial charge in [0.05, 0.1) is 0 Å². The molecule has 0 bridgehead atoms. The van der Waals surface area contributed by atoms with Crippen molar-refractivity contribution in [1.29, 1.82) is 0 Å². The second kappa shape index (κ2) is 8.93. The minimum Gasteiger partial charge on any atom is -1.00 e. The Kier molecular flexibility index (Phi) is 19.9. The van der Waals surface area contributed by atoms with Crippen LogP contribution in [0, 0.1) is 0 Å². The van der Waals surface area contributed by atoms with Crippen LogP contribution in [0.4, 0.5) is 0 Å². The van der Waals surface area contributed by atoms with Gasteiger partial charge in [0.2, 0.25) is 0 Å². The summed E-state index contributed by atoms with van der Waals surface area (Å²) in [5, 5.41) is 9.33. The van der Waals surface area contributed by atoms with Gasteiger partial charge in [-0.05, 0) is 0 Å². The smallest absolute Gasteiger partial charge is 1.00 e. The third kappa shape index (κ3) is 11.3. The van der Waals surface area contributed by atoms with E-state index in [1.54, 1.807) is 0 Å². The van der Waals surface area contributed by atoms with Crippen LogP contribution in [0.5, 0.6) is 0 Å². The summed E-state index contributed by atoms with van der Waals surface area (Å²) in [5.74, 6) is 0.